The topological polar surface area (TPSA) is 184 Å². The number of hydrogen-bond donors (Lipinski definition) is 6. The highest BCUT2D eigenvalue weighted by Crippen LogP contribution is 2.37. The molecule has 0 aromatic carbocycles. The van der Waals surface area contributed by atoms with Gasteiger partial charge in [-0.1, -0.05) is 0 Å². The minimum atomic E-state index is -1.07. The first-order chi connectivity index (χ1) is 14.2. The lowest BCUT2D eigenvalue weighted by Crippen LogP contribution is -2.29. The summed E-state index contributed by atoms with van der Waals surface area (Å²) in [6, 6.07) is 1.01. The average Bonchev–Trinajstić information content (AvgIpc) is 3.05. The molecule has 0 amide bonds. The molecule has 0 fully saturated rings. The normalized spacial score (nSPS) is 16.6. The van der Waals surface area contributed by atoms with Crippen molar-refractivity contribution in [3.05, 3.63) is 26.9 Å². The van der Waals surface area contributed by atoms with E-state index in [1.54, 1.807) is 0 Å². The molecule has 162 valence electrons. The van der Waals surface area contributed by atoms with E-state index in [9.17, 15) is 19.5 Å². The van der Waals surface area contributed by atoms with Crippen LogP contribution in [0.2, 0.25) is 0 Å². The molecule has 1 aliphatic rings. The third kappa shape index (κ3) is 5.45. The maximum Gasteiger partial charge on any atom is 0.326 e. The molecule has 30 heavy (non-hydrogen) atoms. The number of carboxylic acid groups (broad SMARTS) is 2. The second-order valence-electron chi connectivity index (χ2n) is 7.11. The number of aliphatic carboxylic acids is 2. The minimum Gasteiger partial charge on any atom is -0.481 e. The molecule has 0 radical (unpaired) electrons. The van der Waals surface area contributed by atoms with Gasteiger partial charge in [0.15, 0.2) is 0 Å². The van der Waals surface area contributed by atoms with E-state index in [0.717, 1.165) is 24.3 Å². The number of H-pyrrole nitrogens is 1. The molecule has 2 heterocycles. The van der Waals surface area contributed by atoms with E-state index in [4.69, 9.17) is 16.6 Å². The predicted octanol–water partition coefficient (Wildman–Crippen LogP) is 1.62. The van der Waals surface area contributed by atoms with Crippen LogP contribution in [-0.4, -0.2) is 43.9 Å². The third-order valence-electron chi connectivity index (χ3n) is 4.84. The lowest BCUT2D eigenvalue weighted by Gasteiger charge is -2.21. The largest absolute Gasteiger partial charge is 0.481 e. The number of carboxylic acids is 2. The standard InChI is InChI=1S/C18H23N5O5S2/c19-15-14(16(26)23-18(20)22-15)29-7-8-1-2-9-6-12(30-11(9)5-8)21-10(17(27)28)3-4-13(24)25/h6,8,10,21H,1-5,7H2,(H,24,25)(H,27,28)(H5,19,20,22,23,26)/t8?,10-/m0/s1. The Morgan fingerprint density at radius 1 is 1.40 bits per heavy atom. The van der Waals surface area contributed by atoms with E-state index in [-0.39, 0.29) is 30.2 Å². The van der Waals surface area contributed by atoms with Crippen LogP contribution in [0.4, 0.5) is 16.8 Å². The van der Waals surface area contributed by atoms with Crippen LogP contribution in [0.15, 0.2) is 15.8 Å². The van der Waals surface area contributed by atoms with Gasteiger partial charge in [-0.3, -0.25) is 14.6 Å². The fraction of sp³-hybridized carbons (Fsp3) is 0.444. The van der Waals surface area contributed by atoms with Gasteiger partial charge in [0.05, 0.1) is 5.00 Å². The smallest absolute Gasteiger partial charge is 0.326 e. The second-order valence-corrected chi connectivity index (χ2v) is 9.28. The van der Waals surface area contributed by atoms with Crippen molar-refractivity contribution in [2.75, 3.05) is 22.5 Å². The van der Waals surface area contributed by atoms with Crippen LogP contribution in [0.5, 0.6) is 0 Å². The van der Waals surface area contributed by atoms with Crippen molar-refractivity contribution in [2.45, 2.75) is 43.0 Å². The van der Waals surface area contributed by atoms with Crippen molar-refractivity contribution >= 4 is 51.8 Å². The molecular formula is C18H23N5O5S2. The maximum absolute atomic E-state index is 12.0. The van der Waals surface area contributed by atoms with Crippen molar-refractivity contribution in [3.63, 3.8) is 0 Å². The number of nitrogens with two attached hydrogens (primary N) is 2. The highest BCUT2D eigenvalue weighted by molar-refractivity contribution is 7.99. The summed E-state index contributed by atoms with van der Waals surface area (Å²) in [7, 11) is 0. The number of anilines is 3. The molecule has 0 bridgehead atoms. The Kier molecular flexibility index (Phi) is 6.87. The Hall–Kier alpha value is -2.73. The fourth-order valence-electron chi connectivity index (χ4n) is 3.32. The number of thioether (sulfide) groups is 1. The number of aromatic nitrogens is 2. The van der Waals surface area contributed by atoms with E-state index in [2.05, 4.69) is 15.3 Å². The lowest BCUT2D eigenvalue weighted by atomic mass is 9.90. The molecule has 8 N–H and O–H groups in total. The summed E-state index contributed by atoms with van der Waals surface area (Å²) in [4.78, 5) is 42.0. The molecule has 10 nitrogen and oxygen atoms in total. The van der Waals surface area contributed by atoms with Gasteiger partial charge < -0.3 is 27.0 Å². The molecule has 1 unspecified atom stereocenters. The van der Waals surface area contributed by atoms with E-state index in [1.165, 1.54) is 33.5 Å². The SMILES string of the molecule is Nc1nc(N)c(SCC2CCc3cc(N[C@@H](CCC(=O)O)C(=O)O)sc3C2)c(=O)[nH]1. The van der Waals surface area contributed by atoms with Crippen LogP contribution in [0.1, 0.15) is 29.7 Å². The van der Waals surface area contributed by atoms with Crippen LogP contribution in [0.25, 0.3) is 0 Å². The zero-order valence-electron chi connectivity index (χ0n) is 16.0. The Bertz CT molecular complexity index is 1010. The molecule has 2 aromatic heterocycles. The van der Waals surface area contributed by atoms with Crippen molar-refractivity contribution in [1.29, 1.82) is 0 Å². The van der Waals surface area contributed by atoms with E-state index in [0.29, 0.717) is 16.6 Å². The molecular weight excluding hydrogens is 430 g/mol. The summed E-state index contributed by atoms with van der Waals surface area (Å²) in [5.74, 6) is -0.934. The van der Waals surface area contributed by atoms with Crippen LogP contribution in [0, 0.1) is 5.92 Å². The number of nitrogen functional groups attached to an aromatic ring is 2. The summed E-state index contributed by atoms with van der Waals surface area (Å²) in [5.41, 5.74) is 12.1. The summed E-state index contributed by atoms with van der Waals surface area (Å²) in [5, 5.41) is 21.8. The van der Waals surface area contributed by atoms with E-state index < -0.39 is 18.0 Å². The quantitative estimate of drug-likeness (QED) is 0.305. The highest BCUT2D eigenvalue weighted by Gasteiger charge is 2.25. The predicted molar refractivity (Wildman–Crippen MR) is 116 cm³/mol. The van der Waals surface area contributed by atoms with Crippen LogP contribution < -0.4 is 22.3 Å². The summed E-state index contributed by atoms with van der Waals surface area (Å²) >= 11 is 2.86. The number of nitrogens with one attached hydrogen (secondary N) is 2. The molecule has 0 saturated carbocycles. The van der Waals surface area contributed by atoms with Crippen molar-refractivity contribution < 1.29 is 19.8 Å². The zero-order chi connectivity index (χ0) is 21.8. The molecule has 3 rings (SSSR count). The van der Waals surface area contributed by atoms with Crippen molar-refractivity contribution in [2.24, 2.45) is 5.92 Å². The zero-order valence-corrected chi connectivity index (χ0v) is 17.6. The van der Waals surface area contributed by atoms with Gasteiger partial charge in [0.1, 0.15) is 16.8 Å². The number of hydrogen-bond acceptors (Lipinski definition) is 9. The van der Waals surface area contributed by atoms with Gasteiger partial charge in [0.2, 0.25) is 5.95 Å². The number of aromatic amines is 1. The summed E-state index contributed by atoms with van der Waals surface area (Å²) in [6.45, 7) is 0. The Balaban J connectivity index is 1.61. The molecule has 2 aromatic rings. The lowest BCUT2D eigenvalue weighted by molar-refractivity contribution is -0.139. The van der Waals surface area contributed by atoms with E-state index >= 15 is 0 Å². The average molecular weight is 454 g/mol. The Morgan fingerprint density at radius 3 is 2.83 bits per heavy atom. The maximum atomic E-state index is 12.0. The van der Waals surface area contributed by atoms with Gasteiger partial charge in [-0.25, -0.2) is 4.79 Å². The Morgan fingerprint density at radius 2 is 2.17 bits per heavy atom. The first-order valence-electron chi connectivity index (χ1n) is 9.33. The number of nitrogens with zero attached hydrogens (tertiary/aromatic N) is 1. The Labute approximate surface area is 180 Å². The van der Waals surface area contributed by atoms with E-state index in [1.807, 2.05) is 6.07 Å². The van der Waals surface area contributed by atoms with Gasteiger partial charge >= 0.3 is 11.9 Å². The number of aryl methyl sites for hydroxylation is 1. The third-order valence-corrected chi connectivity index (χ3v) is 7.29. The summed E-state index contributed by atoms with van der Waals surface area (Å²) in [6.07, 6.45) is 2.42. The monoisotopic (exact) mass is 453 g/mol. The molecule has 0 saturated heterocycles. The van der Waals surface area contributed by atoms with Gasteiger partial charge in [0, 0.05) is 17.1 Å². The molecule has 12 heteroatoms. The first-order valence-corrected chi connectivity index (χ1v) is 11.1. The molecule has 0 spiro atoms. The number of thiophene rings is 1. The van der Waals surface area contributed by atoms with Gasteiger partial charge in [-0.2, -0.15) is 4.98 Å². The fourth-order valence-corrected chi connectivity index (χ4v) is 5.67. The summed E-state index contributed by atoms with van der Waals surface area (Å²) < 4.78 is 0. The number of fused-ring (bicyclic) bond motifs is 1. The molecule has 0 aliphatic heterocycles. The van der Waals surface area contributed by atoms with Crippen molar-refractivity contribution in [3.8, 4) is 0 Å². The van der Waals surface area contributed by atoms with Gasteiger partial charge in [0.25, 0.3) is 5.56 Å². The molecule has 2 atom stereocenters. The van der Waals surface area contributed by atoms with Crippen LogP contribution in [-0.2, 0) is 22.4 Å². The van der Waals surface area contributed by atoms with Crippen molar-refractivity contribution in [1.82, 2.24) is 9.97 Å². The highest BCUT2D eigenvalue weighted by atomic mass is 32.2. The first kappa shape index (κ1) is 22.0. The second kappa shape index (κ2) is 9.39. The minimum absolute atomic E-state index is 0.00853. The number of carbonyl (C=O) groups is 2. The number of rotatable bonds is 9. The molecule has 1 aliphatic carbocycles. The van der Waals surface area contributed by atoms with Gasteiger partial charge in [-0.05, 0) is 43.2 Å². The van der Waals surface area contributed by atoms with Crippen LogP contribution in [0.3, 0.4) is 0 Å². The van der Waals surface area contributed by atoms with Crippen LogP contribution >= 0.6 is 23.1 Å². The van der Waals surface area contributed by atoms with Gasteiger partial charge in [-0.15, -0.1) is 23.1 Å².